The number of anilines is 1. The molecule has 0 atom stereocenters. The molecular formula is C27H22Cl2N2O5S. The number of hydrogen-bond acceptors (Lipinski definition) is 6. The van der Waals surface area contributed by atoms with Crippen LogP contribution >= 0.6 is 35.0 Å². The summed E-state index contributed by atoms with van der Waals surface area (Å²) in [7, 11) is 0. The molecule has 0 unspecified atom stereocenters. The van der Waals surface area contributed by atoms with E-state index in [0.717, 1.165) is 22.2 Å². The van der Waals surface area contributed by atoms with Crippen LogP contribution in [-0.4, -0.2) is 41.7 Å². The van der Waals surface area contributed by atoms with Crippen molar-refractivity contribution in [1.29, 1.82) is 0 Å². The molecule has 190 valence electrons. The molecule has 3 aromatic rings. The van der Waals surface area contributed by atoms with Crippen LogP contribution < -0.4 is 14.8 Å². The first-order valence-corrected chi connectivity index (χ1v) is 12.8. The molecule has 1 fully saturated rings. The number of hydrogen-bond donors (Lipinski definition) is 1. The molecule has 0 aliphatic carbocycles. The van der Waals surface area contributed by atoms with Crippen LogP contribution in [0.4, 0.5) is 10.5 Å². The van der Waals surface area contributed by atoms with E-state index in [2.05, 4.69) is 5.32 Å². The van der Waals surface area contributed by atoms with Crippen LogP contribution in [0.15, 0.2) is 71.6 Å². The maximum absolute atomic E-state index is 12.8. The number of amides is 3. The minimum atomic E-state index is -0.403. The molecule has 0 aromatic heterocycles. The second-order valence-corrected chi connectivity index (χ2v) is 9.79. The molecule has 0 radical (unpaired) electrons. The Morgan fingerprint density at radius 2 is 1.81 bits per heavy atom. The van der Waals surface area contributed by atoms with Crippen molar-refractivity contribution in [2.45, 2.75) is 6.92 Å². The van der Waals surface area contributed by atoms with Crippen molar-refractivity contribution in [2.75, 3.05) is 25.1 Å². The van der Waals surface area contributed by atoms with Gasteiger partial charge >= 0.3 is 0 Å². The predicted molar refractivity (Wildman–Crippen MR) is 146 cm³/mol. The summed E-state index contributed by atoms with van der Waals surface area (Å²) in [6.45, 7) is 1.88. The van der Waals surface area contributed by atoms with Gasteiger partial charge in [-0.05, 0) is 72.3 Å². The van der Waals surface area contributed by atoms with E-state index in [1.807, 2.05) is 13.0 Å². The van der Waals surface area contributed by atoms with Gasteiger partial charge in [-0.1, -0.05) is 53.5 Å². The molecule has 37 heavy (non-hydrogen) atoms. The Hall–Kier alpha value is -3.46. The Bertz CT molecular complexity index is 1380. The molecule has 7 nitrogen and oxygen atoms in total. The van der Waals surface area contributed by atoms with Crippen molar-refractivity contribution in [3.8, 4) is 11.5 Å². The highest BCUT2D eigenvalue weighted by Gasteiger charge is 2.34. The molecule has 3 aromatic carbocycles. The zero-order valence-corrected chi connectivity index (χ0v) is 22.0. The van der Waals surface area contributed by atoms with E-state index in [1.54, 1.807) is 66.7 Å². The Morgan fingerprint density at radius 3 is 2.59 bits per heavy atom. The quantitative estimate of drug-likeness (QED) is 0.305. The molecule has 10 heteroatoms. The molecule has 0 bridgehead atoms. The van der Waals surface area contributed by atoms with Gasteiger partial charge < -0.3 is 14.8 Å². The van der Waals surface area contributed by atoms with Crippen LogP contribution in [0.2, 0.25) is 10.0 Å². The lowest BCUT2D eigenvalue weighted by Gasteiger charge is -2.13. The smallest absolute Gasteiger partial charge is 0.293 e. The van der Waals surface area contributed by atoms with Crippen LogP contribution in [0.3, 0.4) is 0 Å². The third-order valence-electron chi connectivity index (χ3n) is 5.26. The van der Waals surface area contributed by atoms with E-state index in [1.165, 1.54) is 0 Å². The standard InChI is InChI=1S/C27H22Cl2N2O5S/c1-17-9-10-19(15-22(17)29)30-25(32)16-36-20-6-4-5-18(13-20)14-24-26(33)31(27(34)37-24)11-12-35-23-8-3-2-7-21(23)28/h2-10,13-15H,11-12,16H2,1H3,(H,30,32)/b24-14-. The average Bonchev–Trinajstić information content (AvgIpc) is 3.13. The third-order valence-corrected chi connectivity index (χ3v) is 6.89. The van der Waals surface area contributed by atoms with Gasteiger partial charge in [-0.15, -0.1) is 0 Å². The van der Waals surface area contributed by atoms with E-state index < -0.39 is 5.91 Å². The minimum Gasteiger partial charge on any atom is -0.490 e. The third kappa shape index (κ3) is 7.07. The number of rotatable bonds is 9. The number of nitrogens with zero attached hydrogens (tertiary/aromatic N) is 1. The van der Waals surface area contributed by atoms with Crippen molar-refractivity contribution in [2.24, 2.45) is 0 Å². The summed E-state index contributed by atoms with van der Waals surface area (Å²) >= 11 is 13.0. The topological polar surface area (TPSA) is 84.9 Å². The lowest BCUT2D eigenvalue weighted by molar-refractivity contribution is -0.123. The monoisotopic (exact) mass is 556 g/mol. The average molecular weight is 557 g/mol. The minimum absolute atomic E-state index is 0.0949. The number of carbonyl (C=O) groups is 3. The molecule has 4 rings (SSSR count). The van der Waals surface area contributed by atoms with Crippen molar-refractivity contribution in [1.82, 2.24) is 4.90 Å². The Kier molecular flexibility index (Phi) is 8.76. The number of aryl methyl sites for hydroxylation is 1. The maximum atomic E-state index is 12.8. The normalized spacial score (nSPS) is 14.2. The second kappa shape index (κ2) is 12.2. The fourth-order valence-electron chi connectivity index (χ4n) is 3.36. The van der Waals surface area contributed by atoms with Gasteiger partial charge in [0.15, 0.2) is 6.61 Å². The molecule has 0 saturated carbocycles. The summed E-state index contributed by atoms with van der Waals surface area (Å²) in [6.07, 6.45) is 1.61. The molecule has 1 heterocycles. The van der Waals surface area contributed by atoms with Crippen LogP contribution in [0.25, 0.3) is 6.08 Å². The molecule has 1 aliphatic heterocycles. The highest BCUT2D eigenvalue weighted by Crippen LogP contribution is 2.33. The van der Waals surface area contributed by atoms with Crippen LogP contribution in [-0.2, 0) is 9.59 Å². The summed E-state index contributed by atoms with van der Waals surface area (Å²) in [5, 5.41) is 3.37. The van der Waals surface area contributed by atoms with Crippen molar-refractivity contribution in [3.05, 3.63) is 92.8 Å². The largest absolute Gasteiger partial charge is 0.490 e. The Labute approximate surface area is 228 Å². The number of thioether (sulfide) groups is 1. The van der Waals surface area contributed by atoms with Crippen LogP contribution in [0.1, 0.15) is 11.1 Å². The second-order valence-electron chi connectivity index (χ2n) is 7.99. The van der Waals surface area contributed by atoms with Gasteiger partial charge in [-0.25, -0.2) is 0 Å². The van der Waals surface area contributed by atoms with E-state index in [9.17, 15) is 14.4 Å². The highest BCUT2D eigenvalue weighted by molar-refractivity contribution is 8.18. The molecule has 0 spiro atoms. The molecular weight excluding hydrogens is 535 g/mol. The summed E-state index contributed by atoms with van der Waals surface area (Å²) in [6, 6.07) is 19.1. The van der Waals surface area contributed by atoms with Crippen molar-refractivity contribution >= 4 is 63.8 Å². The van der Waals surface area contributed by atoms with Gasteiger partial charge in [0, 0.05) is 10.7 Å². The Balaban J connectivity index is 1.32. The molecule has 1 aliphatic rings. The molecule has 3 amide bonds. The zero-order valence-electron chi connectivity index (χ0n) is 19.7. The first-order chi connectivity index (χ1) is 17.8. The predicted octanol–water partition coefficient (Wildman–Crippen LogP) is 6.43. The number of halogens is 2. The van der Waals surface area contributed by atoms with Crippen molar-refractivity contribution in [3.63, 3.8) is 0 Å². The van der Waals surface area contributed by atoms with Gasteiger partial charge in [0.25, 0.3) is 17.1 Å². The van der Waals surface area contributed by atoms with Crippen molar-refractivity contribution < 1.29 is 23.9 Å². The highest BCUT2D eigenvalue weighted by atomic mass is 35.5. The summed E-state index contributed by atoms with van der Waals surface area (Å²) in [5.74, 6) is 0.184. The summed E-state index contributed by atoms with van der Waals surface area (Å²) < 4.78 is 11.2. The van der Waals surface area contributed by atoms with Gasteiger partial charge in [0.05, 0.1) is 16.5 Å². The maximum Gasteiger partial charge on any atom is 0.293 e. The van der Waals surface area contributed by atoms with Crippen LogP contribution in [0.5, 0.6) is 11.5 Å². The van der Waals surface area contributed by atoms with E-state index >= 15 is 0 Å². The lowest BCUT2D eigenvalue weighted by atomic mass is 10.2. The van der Waals surface area contributed by atoms with Gasteiger partial charge in [0.1, 0.15) is 18.1 Å². The number of carbonyl (C=O) groups excluding carboxylic acids is 3. The lowest BCUT2D eigenvalue weighted by Crippen LogP contribution is -2.32. The zero-order chi connectivity index (χ0) is 26.4. The summed E-state index contributed by atoms with van der Waals surface area (Å²) in [5.41, 5.74) is 2.14. The van der Waals surface area contributed by atoms with Gasteiger partial charge in [-0.2, -0.15) is 0 Å². The fraction of sp³-hybridized carbons (Fsp3) is 0.148. The Morgan fingerprint density at radius 1 is 1.00 bits per heavy atom. The number of imide groups is 1. The number of ether oxygens (including phenoxy) is 2. The van der Waals surface area contributed by atoms with E-state index in [-0.39, 0.29) is 35.8 Å². The SMILES string of the molecule is Cc1ccc(NC(=O)COc2cccc(/C=C3\SC(=O)N(CCOc4ccccc4Cl)C3=O)c2)cc1Cl. The van der Waals surface area contributed by atoms with E-state index in [4.69, 9.17) is 32.7 Å². The first kappa shape index (κ1) is 26.6. The van der Waals surface area contributed by atoms with E-state index in [0.29, 0.717) is 32.8 Å². The number of benzene rings is 3. The van der Waals surface area contributed by atoms with Gasteiger partial charge in [-0.3, -0.25) is 19.3 Å². The molecule has 1 saturated heterocycles. The number of para-hydroxylation sites is 1. The summed E-state index contributed by atoms with van der Waals surface area (Å²) in [4.78, 5) is 38.9. The van der Waals surface area contributed by atoms with Crippen LogP contribution in [0, 0.1) is 6.92 Å². The fourth-order valence-corrected chi connectivity index (χ4v) is 4.60. The number of nitrogens with one attached hydrogen (secondary N) is 1. The first-order valence-electron chi connectivity index (χ1n) is 11.2. The van der Waals surface area contributed by atoms with Gasteiger partial charge in [0.2, 0.25) is 0 Å². The molecule has 1 N–H and O–H groups in total.